The van der Waals surface area contributed by atoms with Crippen molar-refractivity contribution in [3.05, 3.63) is 33.9 Å². The first-order chi connectivity index (χ1) is 8.56. The number of nitro benzene ring substituents is 1. The first-order valence-corrected chi connectivity index (χ1v) is 5.84. The van der Waals surface area contributed by atoms with Crippen molar-refractivity contribution in [1.82, 2.24) is 5.32 Å². The Morgan fingerprint density at radius 3 is 2.83 bits per heavy atom. The van der Waals surface area contributed by atoms with E-state index >= 15 is 0 Å². The second-order valence-corrected chi connectivity index (χ2v) is 4.47. The van der Waals surface area contributed by atoms with Crippen LogP contribution in [0.3, 0.4) is 0 Å². The van der Waals surface area contributed by atoms with E-state index in [0.29, 0.717) is 11.7 Å². The number of aryl methyl sites for hydroxylation is 1. The Bertz CT molecular complexity index is 483. The number of hydrogen-bond acceptors (Lipinski definition) is 4. The summed E-state index contributed by atoms with van der Waals surface area (Å²) in [5, 5.41) is 16.5. The van der Waals surface area contributed by atoms with Crippen LogP contribution < -0.4 is 10.6 Å². The number of nitro groups is 1. The van der Waals surface area contributed by atoms with Gasteiger partial charge in [-0.2, -0.15) is 0 Å². The lowest BCUT2D eigenvalue weighted by molar-refractivity contribution is -0.384. The topological polar surface area (TPSA) is 84.3 Å². The third-order valence-electron chi connectivity index (χ3n) is 2.73. The molecule has 18 heavy (non-hydrogen) atoms. The first kappa shape index (κ1) is 12.3. The molecule has 0 aliphatic heterocycles. The summed E-state index contributed by atoms with van der Waals surface area (Å²) in [6.07, 6.45) is 2.05. The second kappa shape index (κ2) is 5.03. The van der Waals surface area contributed by atoms with Crippen LogP contribution in [0, 0.1) is 17.0 Å². The molecule has 96 valence electrons. The van der Waals surface area contributed by atoms with E-state index in [9.17, 15) is 14.9 Å². The predicted octanol–water partition coefficient (Wildman–Crippen LogP) is 1.59. The molecule has 1 amide bonds. The molecule has 0 unspecified atom stereocenters. The van der Waals surface area contributed by atoms with Crippen molar-refractivity contribution in [3.63, 3.8) is 0 Å². The van der Waals surface area contributed by atoms with Gasteiger partial charge in [-0.15, -0.1) is 0 Å². The SMILES string of the molecule is Cc1ccc([N+](=O)[O-])c(NCC(=O)NC2CC2)c1. The maximum Gasteiger partial charge on any atom is 0.292 e. The van der Waals surface area contributed by atoms with E-state index in [1.54, 1.807) is 12.1 Å². The summed E-state index contributed by atoms with van der Waals surface area (Å²) < 4.78 is 0. The Morgan fingerprint density at radius 2 is 2.22 bits per heavy atom. The van der Waals surface area contributed by atoms with Crippen molar-refractivity contribution in [2.75, 3.05) is 11.9 Å². The summed E-state index contributed by atoms with van der Waals surface area (Å²) in [6, 6.07) is 5.08. The number of benzene rings is 1. The number of hydrogen-bond donors (Lipinski definition) is 2. The van der Waals surface area contributed by atoms with Gasteiger partial charge in [0.05, 0.1) is 11.5 Å². The molecule has 6 nitrogen and oxygen atoms in total. The quantitative estimate of drug-likeness (QED) is 0.613. The molecule has 0 radical (unpaired) electrons. The molecule has 0 spiro atoms. The molecule has 0 heterocycles. The van der Waals surface area contributed by atoms with Gasteiger partial charge in [0, 0.05) is 12.1 Å². The van der Waals surface area contributed by atoms with E-state index in [0.717, 1.165) is 18.4 Å². The van der Waals surface area contributed by atoms with Gasteiger partial charge in [-0.05, 0) is 31.4 Å². The maximum atomic E-state index is 11.5. The smallest absolute Gasteiger partial charge is 0.292 e. The second-order valence-electron chi connectivity index (χ2n) is 4.47. The summed E-state index contributed by atoms with van der Waals surface area (Å²) in [4.78, 5) is 21.9. The van der Waals surface area contributed by atoms with Crippen LogP contribution in [0.5, 0.6) is 0 Å². The molecule has 0 bridgehead atoms. The number of rotatable bonds is 5. The van der Waals surface area contributed by atoms with E-state index < -0.39 is 4.92 Å². The third-order valence-corrected chi connectivity index (χ3v) is 2.73. The summed E-state index contributed by atoms with van der Waals surface area (Å²) >= 11 is 0. The number of nitrogens with zero attached hydrogens (tertiary/aromatic N) is 1. The summed E-state index contributed by atoms with van der Waals surface area (Å²) in [7, 11) is 0. The average molecular weight is 249 g/mol. The fourth-order valence-electron chi connectivity index (χ4n) is 1.63. The van der Waals surface area contributed by atoms with Crippen molar-refractivity contribution in [2.24, 2.45) is 0 Å². The van der Waals surface area contributed by atoms with Crippen molar-refractivity contribution < 1.29 is 9.72 Å². The summed E-state index contributed by atoms with van der Waals surface area (Å²) in [6.45, 7) is 1.90. The minimum atomic E-state index is -0.458. The van der Waals surface area contributed by atoms with Crippen LogP contribution in [0.4, 0.5) is 11.4 Å². The van der Waals surface area contributed by atoms with Crippen LogP contribution in [0.1, 0.15) is 18.4 Å². The van der Waals surface area contributed by atoms with Gasteiger partial charge in [-0.25, -0.2) is 0 Å². The van der Waals surface area contributed by atoms with Crippen LogP contribution in [-0.2, 0) is 4.79 Å². The molecule has 1 aromatic carbocycles. The molecule has 0 atom stereocenters. The van der Waals surface area contributed by atoms with Crippen molar-refractivity contribution in [3.8, 4) is 0 Å². The minimum Gasteiger partial charge on any atom is -0.371 e. The average Bonchev–Trinajstić information content (AvgIpc) is 3.10. The number of amides is 1. The number of nitrogens with one attached hydrogen (secondary N) is 2. The highest BCUT2D eigenvalue weighted by Crippen LogP contribution is 2.25. The number of anilines is 1. The maximum absolute atomic E-state index is 11.5. The molecule has 1 saturated carbocycles. The zero-order chi connectivity index (χ0) is 13.1. The molecule has 1 fully saturated rings. The van der Waals surface area contributed by atoms with Gasteiger partial charge in [0.2, 0.25) is 5.91 Å². The lowest BCUT2D eigenvalue weighted by atomic mass is 10.2. The minimum absolute atomic E-state index is 0.0141. The summed E-state index contributed by atoms with van der Waals surface area (Å²) in [5.41, 5.74) is 1.27. The fraction of sp³-hybridized carbons (Fsp3) is 0.417. The monoisotopic (exact) mass is 249 g/mol. The van der Waals surface area contributed by atoms with Crippen LogP contribution in [-0.4, -0.2) is 23.4 Å². The van der Waals surface area contributed by atoms with Gasteiger partial charge >= 0.3 is 0 Å². The van der Waals surface area contributed by atoms with Gasteiger partial charge < -0.3 is 10.6 Å². The zero-order valence-electron chi connectivity index (χ0n) is 10.1. The lowest BCUT2D eigenvalue weighted by Gasteiger charge is -2.08. The molecule has 1 aliphatic rings. The van der Waals surface area contributed by atoms with Gasteiger partial charge in [-0.1, -0.05) is 6.07 Å². The summed E-state index contributed by atoms with van der Waals surface area (Å²) in [5.74, 6) is -0.131. The fourth-order valence-corrected chi connectivity index (χ4v) is 1.63. The van der Waals surface area contributed by atoms with Crippen LogP contribution in [0.15, 0.2) is 18.2 Å². The molecule has 1 aliphatic carbocycles. The van der Waals surface area contributed by atoms with E-state index in [2.05, 4.69) is 10.6 Å². The largest absolute Gasteiger partial charge is 0.371 e. The van der Waals surface area contributed by atoms with E-state index in [-0.39, 0.29) is 18.1 Å². The van der Waals surface area contributed by atoms with Crippen molar-refractivity contribution >= 4 is 17.3 Å². The Hall–Kier alpha value is -2.11. The standard InChI is InChI=1S/C12H15N3O3/c1-8-2-5-11(15(17)18)10(6-8)13-7-12(16)14-9-3-4-9/h2,5-6,9,13H,3-4,7H2,1H3,(H,14,16). The number of carbonyl (C=O) groups excluding carboxylic acids is 1. The highest BCUT2D eigenvalue weighted by atomic mass is 16.6. The molecule has 1 aromatic rings. The highest BCUT2D eigenvalue weighted by molar-refractivity contribution is 5.82. The highest BCUT2D eigenvalue weighted by Gasteiger charge is 2.23. The van der Waals surface area contributed by atoms with E-state index in [1.807, 2.05) is 6.92 Å². The van der Waals surface area contributed by atoms with Crippen LogP contribution >= 0.6 is 0 Å². The van der Waals surface area contributed by atoms with Gasteiger partial charge in [0.1, 0.15) is 5.69 Å². The molecular weight excluding hydrogens is 234 g/mol. The lowest BCUT2D eigenvalue weighted by Crippen LogP contribution is -2.31. The Morgan fingerprint density at radius 1 is 1.50 bits per heavy atom. The first-order valence-electron chi connectivity index (χ1n) is 5.84. The Balaban J connectivity index is 2.00. The molecular formula is C12H15N3O3. The van der Waals surface area contributed by atoms with Crippen molar-refractivity contribution in [2.45, 2.75) is 25.8 Å². The van der Waals surface area contributed by atoms with E-state index in [1.165, 1.54) is 6.07 Å². The van der Waals surface area contributed by atoms with Crippen LogP contribution in [0.2, 0.25) is 0 Å². The molecule has 6 heteroatoms. The van der Waals surface area contributed by atoms with Gasteiger partial charge in [0.15, 0.2) is 0 Å². The molecule has 2 rings (SSSR count). The van der Waals surface area contributed by atoms with Crippen LogP contribution in [0.25, 0.3) is 0 Å². The Kier molecular flexibility index (Phi) is 3.45. The molecule has 0 aromatic heterocycles. The van der Waals surface area contributed by atoms with E-state index in [4.69, 9.17) is 0 Å². The van der Waals surface area contributed by atoms with Gasteiger partial charge in [-0.3, -0.25) is 14.9 Å². The predicted molar refractivity (Wildman–Crippen MR) is 67.5 cm³/mol. The molecule has 0 saturated heterocycles. The molecule has 2 N–H and O–H groups in total. The van der Waals surface area contributed by atoms with Crippen molar-refractivity contribution in [1.29, 1.82) is 0 Å². The third kappa shape index (κ3) is 3.19. The number of carbonyl (C=O) groups is 1. The normalized spacial score (nSPS) is 14.1. The zero-order valence-corrected chi connectivity index (χ0v) is 10.1. The Labute approximate surface area is 105 Å². The van der Waals surface area contributed by atoms with Gasteiger partial charge in [0.25, 0.3) is 5.69 Å².